The zero-order valence-electron chi connectivity index (χ0n) is 17.8. The molecule has 4 aromatic heterocycles. The number of halogens is 3. The number of hydrogen-bond acceptors (Lipinski definition) is 6. The summed E-state index contributed by atoms with van der Waals surface area (Å²) in [5.41, 5.74) is -0.312. The van der Waals surface area contributed by atoms with Gasteiger partial charge < -0.3 is 15.0 Å². The van der Waals surface area contributed by atoms with E-state index in [1.807, 2.05) is 17.9 Å². The van der Waals surface area contributed by atoms with Crippen molar-refractivity contribution >= 4 is 11.2 Å². The molecular formula is C22H22F3N7O. The number of hydrogen-bond donors (Lipinski definition) is 2. The summed E-state index contributed by atoms with van der Waals surface area (Å²) >= 11 is 0. The largest absolute Gasteiger partial charge is 0.421 e. The molecule has 0 saturated carbocycles. The predicted molar refractivity (Wildman–Crippen MR) is 114 cm³/mol. The Kier molecular flexibility index (Phi) is 5.17. The van der Waals surface area contributed by atoms with Gasteiger partial charge in [-0.1, -0.05) is 13.0 Å². The van der Waals surface area contributed by atoms with Crippen molar-refractivity contribution in [2.45, 2.75) is 25.1 Å². The second-order valence-corrected chi connectivity index (χ2v) is 8.18. The van der Waals surface area contributed by atoms with Gasteiger partial charge in [-0.25, -0.2) is 19.6 Å². The Morgan fingerprint density at radius 1 is 1.15 bits per heavy atom. The highest BCUT2D eigenvalue weighted by molar-refractivity contribution is 5.88. The van der Waals surface area contributed by atoms with Gasteiger partial charge in [0.1, 0.15) is 5.52 Å². The lowest BCUT2D eigenvalue weighted by Crippen LogP contribution is -2.49. The van der Waals surface area contributed by atoms with Crippen molar-refractivity contribution in [3.05, 3.63) is 54.9 Å². The molecule has 11 heteroatoms. The van der Waals surface area contributed by atoms with Crippen LogP contribution in [0.1, 0.15) is 18.9 Å². The number of aromatic nitrogens is 6. The topological polar surface area (TPSA) is 95.8 Å². The van der Waals surface area contributed by atoms with Crippen molar-refractivity contribution in [3.8, 4) is 16.9 Å². The number of likely N-dealkylation sites (tertiary alicyclic amines) is 1. The summed E-state index contributed by atoms with van der Waals surface area (Å²) in [7, 11) is 0. The van der Waals surface area contributed by atoms with Gasteiger partial charge in [-0.3, -0.25) is 0 Å². The molecule has 0 aromatic carbocycles. The summed E-state index contributed by atoms with van der Waals surface area (Å²) in [6.07, 6.45) is 3.09. The van der Waals surface area contributed by atoms with Crippen molar-refractivity contribution in [2.24, 2.45) is 5.92 Å². The van der Waals surface area contributed by atoms with E-state index in [1.165, 1.54) is 16.8 Å². The fourth-order valence-corrected chi connectivity index (χ4v) is 4.51. The number of nitrogens with one attached hydrogen (secondary N) is 1. The molecule has 4 aromatic rings. The molecular weight excluding hydrogens is 435 g/mol. The molecule has 2 atom stereocenters. The minimum Gasteiger partial charge on any atom is -0.376 e. The Morgan fingerprint density at radius 2 is 2.00 bits per heavy atom. The fraction of sp³-hybridized carbons (Fsp3) is 0.364. The number of imidazole rings is 1. The third kappa shape index (κ3) is 3.57. The molecule has 5 heterocycles. The highest BCUT2D eigenvalue weighted by Gasteiger charge is 2.60. The van der Waals surface area contributed by atoms with Crippen LogP contribution >= 0.6 is 0 Å². The van der Waals surface area contributed by atoms with Crippen LogP contribution in [0.4, 0.5) is 13.2 Å². The zero-order chi connectivity index (χ0) is 23.2. The lowest BCUT2D eigenvalue weighted by atomic mass is 9.80. The molecule has 33 heavy (non-hydrogen) atoms. The Hall–Kier alpha value is -3.31. The minimum absolute atomic E-state index is 0.185. The molecule has 1 unspecified atom stereocenters. The normalized spacial score (nSPS) is 19.2. The summed E-state index contributed by atoms with van der Waals surface area (Å²) in [4.78, 5) is 17.5. The van der Waals surface area contributed by atoms with E-state index in [-0.39, 0.29) is 18.5 Å². The summed E-state index contributed by atoms with van der Waals surface area (Å²) in [6.45, 7) is 3.25. The number of alkyl halides is 3. The fourth-order valence-electron chi connectivity index (χ4n) is 4.51. The molecule has 172 valence electrons. The van der Waals surface area contributed by atoms with E-state index in [9.17, 15) is 18.3 Å². The predicted octanol–water partition coefficient (Wildman–Crippen LogP) is 3.30. The molecule has 1 saturated heterocycles. The molecule has 0 amide bonds. The number of fused-ring (bicyclic) bond motifs is 1. The van der Waals surface area contributed by atoms with Crippen LogP contribution in [0, 0.1) is 5.92 Å². The maximum atomic E-state index is 14.1. The van der Waals surface area contributed by atoms with Gasteiger partial charge in [0.25, 0.3) is 0 Å². The van der Waals surface area contributed by atoms with Crippen LogP contribution < -0.4 is 0 Å². The van der Waals surface area contributed by atoms with Crippen molar-refractivity contribution in [2.75, 3.05) is 19.6 Å². The van der Waals surface area contributed by atoms with Gasteiger partial charge in [-0.15, -0.1) is 0 Å². The van der Waals surface area contributed by atoms with E-state index in [0.717, 1.165) is 17.3 Å². The van der Waals surface area contributed by atoms with Crippen LogP contribution in [-0.4, -0.2) is 65.5 Å². The van der Waals surface area contributed by atoms with Gasteiger partial charge in [0.05, 0.1) is 12.5 Å². The maximum absolute atomic E-state index is 14.1. The van der Waals surface area contributed by atoms with Gasteiger partial charge in [0.2, 0.25) is 0 Å². The van der Waals surface area contributed by atoms with E-state index in [4.69, 9.17) is 0 Å². The maximum Gasteiger partial charge on any atom is 0.421 e. The first kappa shape index (κ1) is 21.5. The molecule has 1 aliphatic heterocycles. The van der Waals surface area contributed by atoms with Crippen molar-refractivity contribution in [1.82, 2.24) is 34.6 Å². The second kappa shape index (κ2) is 7.92. The standard InChI is InChI=1S/C22H22F3N7O/c1-2-31-8-6-16(12-31)21(33,22(23,24)25)15-3-4-18(27-10-15)32-11-14(9-30-32)17-5-7-26-20-19(17)28-13-29-20/h3-5,7,9-11,13,16,33H,2,6,8,12H2,1H3,(H,26,28,29)/t16?,21-/m0/s1. The van der Waals surface area contributed by atoms with Gasteiger partial charge in [0, 0.05) is 47.7 Å². The molecule has 1 aliphatic rings. The van der Waals surface area contributed by atoms with E-state index in [1.54, 1.807) is 24.9 Å². The molecule has 2 N–H and O–H groups in total. The number of nitrogens with zero attached hydrogens (tertiary/aromatic N) is 6. The van der Waals surface area contributed by atoms with Crippen LogP contribution in [0.2, 0.25) is 0 Å². The second-order valence-electron chi connectivity index (χ2n) is 8.18. The van der Waals surface area contributed by atoms with Crippen molar-refractivity contribution < 1.29 is 18.3 Å². The number of H-pyrrole nitrogens is 1. The molecule has 0 spiro atoms. The summed E-state index contributed by atoms with van der Waals surface area (Å²) in [5, 5.41) is 15.2. The molecule has 5 rings (SSSR count). The molecule has 0 bridgehead atoms. The number of aliphatic hydroxyl groups is 1. The zero-order valence-corrected chi connectivity index (χ0v) is 17.8. The first-order chi connectivity index (χ1) is 15.8. The number of aromatic amines is 1. The van der Waals surface area contributed by atoms with Crippen LogP contribution in [-0.2, 0) is 5.60 Å². The third-order valence-electron chi connectivity index (χ3n) is 6.38. The number of rotatable bonds is 5. The molecule has 1 fully saturated rings. The lowest BCUT2D eigenvalue weighted by Gasteiger charge is -2.36. The smallest absolute Gasteiger partial charge is 0.376 e. The Morgan fingerprint density at radius 3 is 2.70 bits per heavy atom. The highest BCUT2D eigenvalue weighted by atomic mass is 19.4. The van der Waals surface area contributed by atoms with Crippen LogP contribution in [0.3, 0.4) is 0 Å². The number of pyridine rings is 2. The monoisotopic (exact) mass is 457 g/mol. The van der Waals surface area contributed by atoms with E-state index < -0.39 is 17.7 Å². The Balaban J connectivity index is 1.45. The summed E-state index contributed by atoms with van der Waals surface area (Å²) in [5.74, 6) is -0.618. The average molecular weight is 457 g/mol. The Bertz CT molecular complexity index is 1270. The quantitative estimate of drug-likeness (QED) is 0.478. The summed E-state index contributed by atoms with van der Waals surface area (Å²) in [6, 6.07) is 4.53. The lowest BCUT2D eigenvalue weighted by molar-refractivity contribution is -0.285. The van der Waals surface area contributed by atoms with Gasteiger partial charge in [-0.05, 0) is 31.6 Å². The third-order valence-corrected chi connectivity index (χ3v) is 6.38. The van der Waals surface area contributed by atoms with E-state index in [0.29, 0.717) is 30.1 Å². The van der Waals surface area contributed by atoms with Crippen molar-refractivity contribution in [1.29, 1.82) is 0 Å². The first-order valence-electron chi connectivity index (χ1n) is 10.6. The Labute approximate surface area is 187 Å². The highest BCUT2D eigenvalue weighted by Crippen LogP contribution is 2.47. The van der Waals surface area contributed by atoms with Crippen molar-refractivity contribution in [3.63, 3.8) is 0 Å². The van der Waals surface area contributed by atoms with E-state index in [2.05, 4.69) is 25.0 Å². The van der Waals surface area contributed by atoms with Gasteiger partial charge in [0.15, 0.2) is 17.1 Å². The minimum atomic E-state index is -4.82. The van der Waals surface area contributed by atoms with Crippen LogP contribution in [0.15, 0.2) is 49.3 Å². The summed E-state index contributed by atoms with van der Waals surface area (Å²) < 4.78 is 43.7. The van der Waals surface area contributed by atoms with E-state index >= 15 is 0 Å². The van der Waals surface area contributed by atoms with Gasteiger partial charge >= 0.3 is 6.18 Å². The van der Waals surface area contributed by atoms with Crippen LogP contribution in [0.5, 0.6) is 0 Å². The molecule has 0 aliphatic carbocycles. The first-order valence-corrected chi connectivity index (χ1v) is 10.6. The molecule has 8 nitrogen and oxygen atoms in total. The van der Waals surface area contributed by atoms with Crippen LogP contribution in [0.25, 0.3) is 28.1 Å². The molecule has 0 radical (unpaired) electrons. The van der Waals surface area contributed by atoms with Gasteiger partial charge in [-0.2, -0.15) is 18.3 Å². The average Bonchev–Trinajstić information content (AvgIpc) is 3.58. The SMILES string of the molecule is CCN1CCC([C@@](O)(c2ccc(-n3cc(-c4ccnc5[nH]cnc45)cn3)nc2)C(F)(F)F)C1.